The van der Waals surface area contributed by atoms with Gasteiger partial charge in [-0.2, -0.15) is 0 Å². The number of carbonyl (C=O) groups excluding carboxylic acids is 1. The molecular weight excluding hydrogens is 324 g/mol. The maximum Gasteiger partial charge on any atom is 0.322 e. The number of benzene rings is 1. The lowest BCUT2D eigenvalue weighted by Crippen LogP contribution is -2.34. The molecule has 132 valence electrons. The van der Waals surface area contributed by atoms with E-state index in [9.17, 15) is 14.9 Å². The summed E-state index contributed by atoms with van der Waals surface area (Å²) in [5.41, 5.74) is 1.29. The number of aromatic nitrogens is 1. The fourth-order valence-electron chi connectivity index (χ4n) is 3.03. The van der Waals surface area contributed by atoms with Crippen LogP contribution in [-0.2, 0) is 6.42 Å². The van der Waals surface area contributed by atoms with Crippen molar-refractivity contribution in [2.75, 3.05) is 11.9 Å². The maximum absolute atomic E-state index is 12.6. The van der Waals surface area contributed by atoms with E-state index in [-0.39, 0.29) is 17.8 Å². The maximum atomic E-state index is 12.6. The number of nitro groups is 1. The Kier molecular flexibility index (Phi) is 4.97. The minimum absolute atomic E-state index is 0.0110. The molecule has 0 spiro atoms. The number of urea groups is 1. The van der Waals surface area contributed by atoms with Gasteiger partial charge in [-0.1, -0.05) is 12.1 Å². The molecule has 1 aromatic heterocycles. The van der Waals surface area contributed by atoms with Gasteiger partial charge < -0.3 is 14.7 Å². The number of amides is 2. The number of rotatable bonds is 5. The van der Waals surface area contributed by atoms with Crippen LogP contribution in [0.3, 0.4) is 0 Å². The summed E-state index contributed by atoms with van der Waals surface area (Å²) < 4.78 is 5.33. The molecule has 2 aromatic rings. The van der Waals surface area contributed by atoms with Crippen LogP contribution in [0.5, 0.6) is 0 Å². The first kappa shape index (κ1) is 16.9. The highest BCUT2D eigenvalue weighted by Crippen LogP contribution is 2.32. The molecule has 0 bridgehead atoms. The second-order valence-corrected chi connectivity index (χ2v) is 6.05. The minimum Gasteiger partial charge on any atom is -0.361 e. The van der Waals surface area contributed by atoms with Crippen molar-refractivity contribution < 1.29 is 14.2 Å². The molecule has 8 heteroatoms. The number of non-ortho nitro benzene ring substituents is 1. The van der Waals surface area contributed by atoms with Crippen LogP contribution in [-0.4, -0.2) is 27.6 Å². The SMILES string of the molecule is CCCc1cc(C2CCCN2C(=O)Nc2ccc([N+](=O)[O-])cc2)no1. The van der Waals surface area contributed by atoms with Gasteiger partial charge in [-0.3, -0.25) is 10.1 Å². The fourth-order valence-corrected chi connectivity index (χ4v) is 3.03. The summed E-state index contributed by atoms with van der Waals surface area (Å²) in [6, 6.07) is 7.36. The average molecular weight is 344 g/mol. The Bertz CT molecular complexity index is 756. The molecule has 25 heavy (non-hydrogen) atoms. The fraction of sp³-hybridized carbons (Fsp3) is 0.412. The van der Waals surface area contributed by atoms with Gasteiger partial charge in [-0.25, -0.2) is 4.79 Å². The molecular formula is C17H20N4O4. The van der Waals surface area contributed by atoms with Crippen LogP contribution < -0.4 is 5.32 Å². The lowest BCUT2D eigenvalue weighted by atomic mass is 10.1. The summed E-state index contributed by atoms with van der Waals surface area (Å²) in [6.07, 6.45) is 3.54. The van der Waals surface area contributed by atoms with E-state index >= 15 is 0 Å². The molecule has 1 saturated heterocycles. The van der Waals surface area contributed by atoms with Gasteiger partial charge in [0.05, 0.1) is 11.0 Å². The molecule has 0 saturated carbocycles. The van der Waals surface area contributed by atoms with E-state index in [1.54, 1.807) is 4.90 Å². The van der Waals surface area contributed by atoms with Crippen LogP contribution in [0.1, 0.15) is 43.7 Å². The van der Waals surface area contributed by atoms with Crippen molar-refractivity contribution in [2.24, 2.45) is 0 Å². The van der Waals surface area contributed by atoms with Crippen LogP contribution in [0.15, 0.2) is 34.9 Å². The first-order valence-corrected chi connectivity index (χ1v) is 8.36. The molecule has 0 radical (unpaired) electrons. The predicted molar refractivity (Wildman–Crippen MR) is 91.3 cm³/mol. The predicted octanol–water partition coefficient (Wildman–Crippen LogP) is 3.90. The van der Waals surface area contributed by atoms with Gasteiger partial charge >= 0.3 is 6.03 Å². The van der Waals surface area contributed by atoms with Gasteiger partial charge in [-0.05, 0) is 31.4 Å². The Morgan fingerprint density at radius 3 is 2.88 bits per heavy atom. The van der Waals surface area contributed by atoms with Gasteiger partial charge in [0.2, 0.25) is 0 Å². The molecule has 2 heterocycles. The molecule has 1 aliphatic heterocycles. The summed E-state index contributed by atoms with van der Waals surface area (Å²) in [5, 5.41) is 17.6. The molecule has 1 unspecified atom stereocenters. The Morgan fingerprint density at radius 1 is 1.44 bits per heavy atom. The minimum atomic E-state index is -0.472. The lowest BCUT2D eigenvalue weighted by Gasteiger charge is -2.23. The second-order valence-electron chi connectivity index (χ2n) is 6.05. The van der Waals surface area contributed by atoms with Crippen molar-refractivity contribution in [3.63, 3.8) is 0 Å². The molecule has 8 nitrogen and oxygen atoms in total. The molecule has 0 aliphatic carbocycles. The molecule has 1 atom stereocenters. The van der Waals surface area contributed by atoms with Gasteiger partial charge in [0.1, 0.15) is 11.5 Å². The first-order valence-electron chi connectivity index (χ1n) is 8.36. The third-order valence-corrected chi connectivity index (χ3v) is 4.26. The zero-order chi connectivity index (χ0) is 17.8. The van der Waals surface area contributed by atoms with Gasteiger partial charge in [-0.15, -0.1) is 0 Å². The van der Waals surface area contributed by atoms with Gasteiger partial charge in [0.25, 0.3) is 5.69 Å². The van der Waals surface area contributed by atoms with Crippen molar-refractivity contribution in [3.05, 3.63) is 51.9 Å². The normalized spacial score (nSPS) is 16.8. The third-order valence-electron chi connectivity index (χ3n) is 4.26. The molecule has 1 fully saturated rings. The Labute approximate surface area is 144 Å². The van der Waals surface area contributed by atoms with E-state index in [1.807, 2.05) is 6.07 Å². The van der Waals surface area contributed by atoms with Gasteiger partial charge in [0, 0.05) is 36.9 Å². The first-order chi connectivity index (χ1) is 12.1. The zero-order valence-electron chi connectivity index (χ0n) is 14.0. The number of likely N-dealkylation sites (tertiary alicyclic amines) is 1. The number of anilines is 1. The molecule has 2 amide bonds. The topological polar surface area (TPSA) is 102 Å². The smallest absolute Gasteiger partial charge is 0.322 e. The molecule has 1 N–H and O–H groups in total. The summed E-state index contributed by atoms with van der Waals surface area (Å²) in [4.78, 5) is 24.5. The van der Waals surface area contributed by atoms with E-state index in [4.69, 9.17) is 4.52 Å². The van der Waals surface area contributed by atoms with E-state index in [2.05, 4.69) is 17.4 Å². The van der Waals surface area contributed by atoms with Crippen molar-refractivity contribution >= 4 is 17.4 Å². The van der Waals surface area contributed by atoms with Crippen LogP contribution in [0, 0.1) is 10.1 Å². The quantitative estimate of drug-likeness (QED) is 0.654. The standard InChI is InChI=1S/C17H20N4O4/c1-2-4-14-11-15(19-25-14)16-5-3-10-20(16)17(22)18-12-6-8-13(9-7-12)21(23)24/h6-9,11,16H,2-5,10H2,1H3,(H,18,22). The largest absolute Gasteiger partial charge is 0.361 e. The van der Waals surface area contributed by atoms with E-state index in [0.717, 1.165) is 37.1 Å². The van der Waals surface area contributed by atoms with Crippen LogP contribution in [0.25, 0.3) is 0 Å². The number of carbonyl (C=O) groups is 1. The molecule has 1 aromatic carbocycles. The highest BCUT2D eigenvalue weighted by Gasteiger charge is 2.32. The summed E-state index contributed by atoms with van der Waals surface area (Å²) in [5.74, 6) is 0.833. The highest BCUT2D eigenvalue weighted by molar-refractivity contribution is 5.89. The summed E-state index contributed by atoms with van der Waals surface area (Å²) >= 11 is 0. The van der Waals surface area contributed by atoms with Gasteiger partial charge in [0.15, 0.2) is 0 Å². The van der Waals surface area contributed by atoms with Crippen molar-refractivity contribution in [2.45, 2.75) is 38.6 Å². The Hall–Kier alpha value is -2.90. The van der Waals surface area contributed by atoms with Crippen molar-refractivity contribution in [1.29, 1.82) is 0 Å². The highest BCUT2D eigenvalue weighted by atomic mass is 16.6. The van der Waals surface area contributed by atoms with Crippen LogP contribution in [0.2, 0.25) is 0 Å². The molecule has 1 aliphatic rings. The Balaban J connectivity index is 1.68. The van der Waals surface area contributed by atoms with E-state index in [0.29, 0.717) is 12.2 Å². The molecule has 3 rings (SSSR count). The average Bonchev–Trinajstić information content (AvgIpc) is 3.24. The second kappa shape index (κ2) is 7.33. The number of hydrogen-bond donors (Lipinski definition) is 1. The zero-order valence-corrected chi connectivity index (χ0v) is 14.0. The third kappa shape index (κ3) is 3.78. The number of hydrogen-bond acceptors (Lipinski definition) is 5. The monoisotopic (exact) mass is 344 g/mol. The number of nitrogens with one attached hydrogen (secondary N) is 1. The number of aryl methyl sites for hydroxylation is 1. The van der Waals surface area contributed by atoms with Crippen molar-refractivity contribution in [1.82, 2.24) is 10.1 Å². The van der Waals surface area contributed by atoms with Crippen LogP contribution in [0.4, 0.5) is 16.2 Å². The number of nitro benzene ring substituents is 1. The summed E-state index contributed by atoms with van der Waals surface area (Å²) in [7, 11) is 0. The van der Waals surface area contributed by atoms with Crippen LogP contribution >= 0.6 is 0 Å². The van der Waals surface area contributed by atoms with E-state index < -0.39 is 4.92 Å². The Morgan fingerprint density at radius 2 is 2.20 bits per heavy atom. The van der Waals surface area contributed by atoms with E-state index in [1.165, 1.54) is 24.3 Å². The summed E-state index contributed by atoms with van der Waals surface area (Å²) in [6.45, 7) is 2.71. The number of nitrogens with zero attached hydrogens (tertiary/aromatic N) is 3. The lowest BCUT2D eigenvalue weighted by molar-refractivity contribution is -0.384. The van der Waals surface area contributed by atoms with Crippen molar-refractivity contribution in [3.8, 4) is 0 Å².